The summed E-state index contributed by atoms with van der Waals surface area (Å²) in [5.41, 5.74) is 2.36. The first-order valence-corrected chi connectivity index (χ1v) is 8.58. The van der Waals surface area contributed by atoms with Crippen molar-refractivity contribution in [3.63, 3.8) is 0 Å². The average molecular weight is 292 g/mol. The van der Waals surface area contributed by atoms with Gasteiger partial charge in [0.25, 0.3) is 0 Å². The van der Waals surface area contributed by atoms with E-state index in [1.165, 1.54) is 27.6 Å². The summed E-state index contributed by atoms with van der Waals surface area (Å²) in [6, 6.07) is 10.5. The van der Waals surface area contributed by atoms with Crippen molar-refractivity contribution < 1.29 is 0 Å². The number of nitrogens with zero attached hydrogens (tertiary/aromatic N) is 1. The molecule has 4 heteroatoms. The van der Waals surface area contributed by atoms with Crippen molar-refractivity contribution in [2.24, 2.45) is 0 Å². The van der Waals surface area contributed by atoms with Crippen molar-refractivity contribution >= 4 is 23.1 Å². The second-order valence-electron chi connectivity index (χ2n) is 4.33. The first kappa shape index (κ1) is 14.6. The van der Waals surface area contributed by atoms with Crippen LogP contribution in [0.1, 0.15) is 23.2 Å². The summed E-state index contributed by atoms with van der Waals surface area (Å²) in [4.78, 5) is 6.16. The summed E-state index contributed by atoms with van der Waals surface area (Å²) in [6.07, 6.45) is 1.23. The Balaban J connectivity index is 2.21. The molecule has 0 atom stereocenters. The third-order valence-electron chi connectivity index (χ3n) is 2.70. The molecule has 1 aromatic heterocycles. The van der Waals surface area contributed by atoms with E-state index in [2.05, 4.69) is 36.5 Å². The highest BCUT2D eigenvalue weighted by atomic mass is 32.2. The van der Waals surface area contributed by atoms with Crippen LogP contribution in [0.25, 0.3) is 11.3 Å². The fourth-order valence-corrected chi connectivity index (χ4v) is 3.92. The van der Waals surface area contributed by atoms with Crippen LogP contribution in [0.5, 0.6) is 0 Å². The molecule has 1 N–H and O–H groups in total. The SMILES string of the molecule is CCCSCc1nc(-c2ccccc2)c(CNC)s1. The second kappa shape index (κ2) is 7.68. The molecule has 2 rings (SSSR count). The molecule has 102 valence electrons. The van der Waals surface area contributed by atoms with Crippen molar-refractivity contribution in [3.05, 3.63) is 40.2 Å². The minimum absolute atomic E-state index is 0.889. The summed E-state index contributed by atoms with van der Waals surface area (Å²) >= 11 is 3.80. The van der Waals surface area contributed by atoms with E-state index in [-0.39, 0.29) is 0 Å². The van der Waals surface area contributed by atoms with Gasteiger partial charge in [-0.15, -0.1) is 11.3 Å². The van der Waals surface area contributed by atoms with E-state index in [9.17, 15) is 0 Å². The standard InChI is InChI=1S/C15H20N2S2/c1-3-9-18-11-14-17-15(13(19-14)10-16-2)12-7-5-4-6-8-12/h4-8,16H,3,9-11H2,1-2H3. The van der Waals surface area contributed by atoms with E-state index in [4.69, 9.17) is 4.98 Å². The maximum atomic E-state index is 4.83. The molecule has 0 spiro atoms. The van der Waals surface area contributed by atoms with Crippen LogP contribution in [0.2, 0.25) is 0 Å². The van der Waals surface area contributed by atoms with Gasteiger partial charge in [-0.2, -0.15) is 11.8 Å². The fourth-order valence-electron chi connectivity index (χ4n) is 1.87. The lowest BCUT2D eigenvalue weighted by Crippen LogP contribution is -2.04. The van der Waals surface area contributed by atoms with Crippen LogP contribution in [-0.2, 0) is 12.3 Å². The smallest absolute Gasteiger partial charge is 0.103 e. The van der Waals surface area contributed by atoms with Gasteiger partial charge in [0.2, 0.25) is 0 Å². The average Bonchev–Trinajstić information content (AvgIpc) is 2.84. The third kappa shape index (κ3) is 4.06. The Labute approximate surface area is 123 Å². The van der Waals surface area contributed by atoms with Crippen LogP contribution in [-0.4, -0.2) is 17.8 Å². The molecule has 0 bridgehead atoms. The van der Waals surface area contributed by atoms with Crippen LogP contribution in [0.3, 0.4) is 0 Å². The number of hydrogen-bond acceptors (Lipinski definition) is 4. The molecule has 0 saturated carbocycles. The monoisotopic (exact) mass is 292 g/mol. The second-order valence-corrected chi connectivity index (χ2v) is 6.60. The lowest BCUT2D eigenvalue weighted by atomic mass is 10.1. The van der Waals surface area contributed by atoms with E-state index in [0.717, 1.165) is 18.0 Å². The molecule has 0 saturated heterocycles. The van der Waals surface area contributed by atoms with Gasteiger partial charge in [-0.3, -0.25) is 0 Å². The van der Waals surface area contributed by atoms with Gasteiger partial charge in [0.15, 0.2) is 0 Å². The molecule has 0 aliphatic carbocycles. The quantitative estimate of drug-likeness (QED) is 0.775. The molecule has 1 aromatic carbocycles. The number of thiazole rings is 1. The van der Waals surface area contributed by atoms with E-state index >= 15 is 0 Å². The number of benzene rings is 1. The lowest BCUT2D eigenvalue weighted by molar-refractivity contribution is 0.831. The molecule has 0 aliphatic heterocycles. The van der Waals surface area contributed by atoms with Gasteiger partial charge in [0.05, 0.1) is 5.69 Å². The Bertz CT molecular complexity index is 494. The highest BCUT2D eigenvalue weighted by Crippen LogP contribution is 2.30. The molecule has 0 fully saturated rings. The number of aromatic nitrogens is 1. The zero-order valence-corrected chi connectivity index (χ0v) is 13.1. The number of nitrogens with one attached hydrogen (secondary N) is 1. The molecular formula is C15H20N2S2. The van der Waals surface area contributed by atoms with E-state index in [1.807, 2.05) is 36.2 Å². The van der Waals surface area contributed by atoms with Gasteiger partial charge in [0.1, 0.15) is 5.01 Å². The van der Waals surface area contributed by atoms with Crippen molar-refractivity contribution in [3.8, 4) is 11.3 Å². The molecule has 0 amide bonds. The summed E-state index contributed by atoms with van der Waals surface area (Å²) in [5.74, 6) is 2.24. The third-order valence-corrected chi connectivity index (χ3v) is 5.11. The van der Waals surface area contributed by atoms with Crippen molar-refractivity contribution in [1.29, 1.82) is 0 Å². The zero-order valence-electron chi connectivity index (χ0n) is 11.5. The molecular weight excluding hydrogens is 272 g/mol. The Morgan fingerprint density at radius 1 is 1.26 bits per heavy atom. The number of rotatable bonds is 7. The molecule has 19 heavy (non-hydrogen) atoms. The van der Waals surface area contributed by atoms with Gasteiger partial charge in [-0.25, -0.2) is 4.98 Å². The van der Waals surface area contributed by atoms with Crippen molar-refractivity contribution in [2.75, 3.05) is 12.8 Å². The largest absolute Gasteiger partial charge is 0.315 e. The number of hydrogen-bond donors (Lipinski definition) is 1. The normalized spacial score (nSPS) is 10.8. The van der Waals surface area contributed by atoms with Crippen LogP contribution in [0, 0.1) is 0 Å². The van der Waals surface area contributed by atoms with Gasteiger partial charge >= 0.3 is 0 Å². The van der Waals surface area contributed by atoms with Gasteiger partial charge in [-0.1, -0.05) is 37.3 Å². The maximum Gasteiger partial charge on any atom is 0.103 e. The first-order valence-electron chi connectivity index (χ1n) is 6.61. The van der Waals surface area contributed by atoms with Gasteiger partial charge < -0.3 is 5.32 Å². The van der Waals surface area contributed by atoms with Gasteiger partial charge in [-0.05, 0) is 19.2 Å². The Kier molecular flexibility index (Phi) is 5.89. The molecule has 0 aliphatic rings. The highest BCUT2D eigenvalue weighted by molar-refractivity contribution is 7.98. The molecule has 2 nitrogen and oxygen atoms in total. The summed E-state index contributed by atoms with van der Waals surface area (Å²) in [5, 5.41) is 4.48. The Morgan fingerprint density at radius 3 is 2.74 bits per heavy atom. The minimum Gasteiger partial charge on any atom is -0.315 e. The Hall–Kier alpha value is -0.840. The topological polar surface area (TPSA) is 24.9 Å². The molecule has 0 unspecified atom stereocenters. The predicted molar refractivity (Wildman–Crippen MR) is 86.8 cm³/mol. The predicted octanol–water partition coefficient (Wildman–Crippen LogP) is 4.17. The van der Waals surface area contributed by atoms with Crippen LogP contribution < -0.4 is 5.32 Å². The summed E-state index contributed by atoms with van der Waals surface area (Å²) < 4.78 is 0. The minimum atomic E-state index is 0.889. The molecule has 2 aromatic rings. The molecule has 0 radical (unpaired) electrons. The van der Waals surface area contributed by atoms with E-state index < -0.39 is 0 Å². The van der Waals surface area contributed by atoms with Gasteiger partial charge in [0, 0.05) is 22.7 Å². The van der Waals surface area contributed by atoms with E-state index in [0.29, 0.717) is 0 Å². The fraction of sp³-hybridized carbons (Fsp3) is 0.400. The van der Waals surface area contributed by atoms with E-state index in [1.54, 1.807) is 0 Å². The number of thioether (sulfide) groups is 1. The summed E-state index contributed by atoms with van der Waals surface area (Å²) in [7, 11) is 1.99. The maximum absolute atomic E-state index is 4.83. The van der Waals surface area contributed by atoms with Crippen molar-refractivity contribution in [1.82, 2.24) is 10.3 Å². The lowest BCUT2D eigenvalue weighted by Gasteiger charge is -2.00. The van der Waals surface area contributed by atoms with Crippen LogP contribution in [0.4, 0.5) is 0 Å². The Morgan fingerprint density at radius 2 is 2.05 bits per heavy atom. The van der Waals surface area contributed by atoms with Crippen LogP contribution in [0.15, 0.2) is 30.3 Å². The van der Waals surface area contributed by atoms with Crippen LogP contribution >= 0.6 is 23.1 Å². The van der Waals surface area contributed by atoms with Crippen molar-refractivity contribution in [2.45, 2.75) is 25.6 Å². The highest BCUT2D eigenvalue weighted by Gasteiger charge is 2.12. The summed E-state index contributed by atoms with van der Waals surface area (Å²) in [6.45, 7) is 3.11. The first-order chi connectivity index (χ1) is 9.35. The molecule has 1 heterocycles. The zero-order chi connectivity index (χ0) is 13.5.